The summed E-state index contributed by atoms with van der Waals surface area (Å²) < 4.78 is 31.0. The molecule has 1 aromatic rings. The molecule has 1 rings (SSSR count). The van der Waals surface area contributed by atoms with E-state index in [9.17, 15) is 15.0 Å². The highest BCUT2D eigenvalue weighted by Crippen LogP contribution is 2.42. The van der Waals surface area contributed by atoms with Crippen molar-refractivity contribution in [2.24, 2.45) is 11.8 Å². The maximum atomic E-state index is 12.1. The molecule has 0 fully saturated rings. The second kappa shape index (κ2) is 16.1. The molecule has 0 saturated heterocycles. The number of hydrogen-bond donors (Lipinski definition) is 2. The molecule has 0 radical (unpaired) electrons. The molecule has 0 aliphatic carbocycles. The highest BCUT2D eigenvalue weighted by Gasteiger charge is 2.51. The fourth-order valence-electron chi connectivity index (χ4n) is 4.84. The van der Waals surface area contributed by atoms with Crippen LogP contribution in [-0.4, -0.2) is 76.2 Å². The Balaban J connectivity index is 3.37. The van der Waals surface area contributed by atoms with Crippen LogP contribution in [-0.2, 0) is 34.5 Å². The molecule has 0 spiro atoms. The van der Waals surface area contributed by atoms with Crippen LogP contribution in [0.25, 0.3) is 0 Å². The minimum Gasteiger partial charge on any atom is -0.465 e. The molecule has 0 heterocycles. The SMILES string of the molecule is CC(=O)OC[C@@H](C)[C@@H](OCOCc1ccccc1)[C@@](C)(O)[C@H](O)[C@@H](C)[C@H](O[Si](C)(C)C(C)(C)C)[C@@H](C)O[Si](C)(C)C(C)(C)C. The lowest BCUT2D eigenvalue weighted by Gasteiger charge is -2.48. The van der Waals surface area contributed by atoms with Gasteiger partial charge in [0.05, 0.1) is 37.6 Å². The lowest BCUT2D eigenvalue weighted by atomic mass is 9.78. The average Bonchev–Trinajstić information content (AvgIpc) is 2.88. The maximum Gasteiger partial charge on any atom is 0.302 e. The summed E-state index contributed by atoms with van der Waals surface area (Å²) in [5.41, 5.74) is -0.761. The molecule has 0 aromatic heterocycles. The molecule has 44 heavy (non-hydrogen) atoms. The van der Waals surface area contributed by atoms with Gasteiger partial charge in [0, 0.05) is 18.8 Å². The molecule has 0 saturated carbocycles. The molecule has 0 amide bonds. The fraction of sp³-hybridized carbons (Fsp3) is 0.794. The third-order valence-electron chi connectivity index (χ3n) is 9.69. The molecular weight excluding hydrogens is 593 g/mol. The third-order valence-corrected chi connectivity index (χ3v) is 18.7. The van der Waals surface area contributed by atoms with Crippen LogP contribution in [0.3, 0.4) is 0 Å². The van der Waals surface area contributed by atoms with Gasteiger partial charge in [0.15, 0.2) is 16.6 Å². The second-order valence-electron chi connectivity index (χ2n) is 15.8. The number of esters is 1. The Bertz CT molecular complexity index is 1000. The van der Waals surface area contributed by atoms with E-state index in [1.165, 1.54) is 6.92 Å². The van der Waals surface area contributed by atoms with Gasteiger partial charge in [-0.25, -0.2) is 0 Å². The predicted molar refractivity (Wildman–Crippen MR) is 182 cm³/mol. The normalized spacial score (nSPS) is 18.9. The van der Waals surface area contributed by atoms with Crippen molar-refractivity contribution in [2.75, 3.05) is 13.4 Å². The van der Waals surface area contributed by atoms with Gasteiger partial charge >= 0.3 is 5.97 Å². The fourth-order valence-corrected chi connectivity index (χ4v) is 7.69. The Morgan fingerprint density at radius 2 is 1.36 bits per heavy atom. The zero-order chi connectivity index (χ0) is 34.3. The number of hydrogen-bond acceptors (Lipinski definition) is 8. The highest BCUT2D eigenvalue weighted by atomic mass is 28.4. The van der Waals surface area contributed by atoms with Crippen LogP contribution in [0.2, 0.25) is 36.3 Å². The first kappa shape index (κ1) is 40.9. The lowest BCUT2D eigenvalue weighted by molar-refractivity contribution is -0.224. The summed E-state index contributed by atoms with van der Waals surface area (Å²) in [5.74, 6) is -1.41. The molecule has 2 N–H and O–H groups in total. The van der Waals surface area contributed by atoms with Crippen LogP contribution in [0.4, 0.5) is 0 Å². The number of aliphatic hydroxyl groups excluding tert-OH is 1. The van der Waals surface area contributed by atoms with E-state index >= 15 is 0 Å². The number of ether oxygens (including phenoxy) is 3. The van der Waals surface area contributed by atoms with Gasteiger partial charge in [-0.1, -0.05) is 85.7 Å². The number of rotatable bonds is 17. The molecular formula is C34H64O8Si2. The maximum absolute atomic E-state index is 12.1. The van der Waals surface area contributed by atoms with Gasteiger partial charge < -0.3 is 33.3 Å². The molecule has 0 aliphatic heterocycles. The van der Waals surface area contributed by atoms with Crippen molar-refractivity contribution in [3.63, 3.8) is 0 Å². The molecule has 0 bridgehead atoms. The molecule has 0 aliphatic rings. The Kier molecular flexibility index (Phi) is 15.0. The van der Waals surface area contributed by atoms with Crippen LogP contribution in [0.5, 0.6) is 0 Å². The minimum absolute atomic E-state index is 0.0129. The van der Waals surface area contributed by atoms with Crippen molar-refractivity contribution >= 4 is 22.6 Å². The first-order chi connectivity index (χ1) is 19.8. The summed E-state index contributed by atoms with van der Waals surface area (Å²) in [7, 11) is -4.51. The zero-order valence-electron chi connectivity index (χ0n) is 30.3. The lowest BCUT2D eigenvalue weighted by Crippen LogP contribution is -2.61. The van der Waals surface area contributed by atoms with E-state index in [0.717, 1.165) is 5.56 Å². The van der Waals surface area contributed by atoms with Crippen LogP contribution < -0.4 is 0 Å². The van der Waals surface area contributed by atoms with E-state index in [1.807, 2.05) is 51.1 Å². The van der Waals surface area contributed by atoms with Gasteiger partial charge in [0.2, 0.25) is 0 Å². The summed E-state index contributed by atoms with van der Waals surface area (Å²) in [6, 6.07) is 9.72. The summed E-state index contributed by atoms with van der Waals surface area (Å²) in [4.78, 5) is 11.6. The van der Waals surface area contributed by atoms with Crippen molar-refractivity contribution in [1.29, 1.82) is 0 Å². The number of carbonyl (C=O) groups is 1. The number of benzene rings is 1. The molecule has 8 nitrogen and oxygen atoms in total. The predicted octanol–water partition coefficient (Wildman–Crippen LogP) is 7.29. The smallest absolute Gasteiger partial charge is 0.302 e. The van der Waals surface area contributed by atoms with E-state index in [2.05, 4.69) is 67.7 Å². The van der Waals surface area contributed by atoms with E-state index in [-0.39, 0.29) is 29.6 Å². The quantitative estimate of drug-likeness (QED) is 0.0780. The second-order valence-corrected chi connectivity index (χ2v) is 25.3. The summed E-state index contributed by atoms with van der Waals surface area (Å²) in [5, 5.41) is 23.9. The average molecular weight is 657 g/mol. The molecule has 10 heteroatoms. The Labute approximate surface area is 270 Å². The monoisotopic (exact) mass is 656 g/mol. The van der Waals surface area contributed by atoms with Gasteiger partial charge in [0.1, 0.15) is 12.4 Å². The van der Waals surface area contributed by atoms with Crippen LogP contribution >= 0.6 is 0 Å². The Hall–Kier alpha value is -1.12. The van der Waals surface area contributed by atoms with E-state index in [4.69, 9.17) is 23.1 Å². The zero-order valence-corrected chi connectivity index (χ0v) is 32.3. The number of carbonyl (C=O) groups excluding carboxylic acids is 1. The molecule has 1 aromatic carbocycles. The van der Waals surface area contributed by atoms with E-state index < -0.39 is 58.4 Å². The molecule has 0 unspecified atom stereocenters. The first-order valence-corrected chi connectivity index (χ1v) is 21.8. The van der Waals surface area contributed by atoms with Crippen LogP contribution in [0.15, 0.2) is 30.3 Å². The Morgan fingerprint density at radius 3 is 1.84 bits per heavy atom. The largest absolute Gasteiger partial charge is 0.465 e. The van der Waals surface area contributed by atoms with Crippen molar-refractivity contribution in [3.05, 3.63) is 35.9 Å². The number of aliphatic hydroxyl groups is 2. The van der Waals surface area contributed by atoms with Crippen molar-refractivity contribution in [1.82, 2.24) is 0 Å². The molecule has 256 valence electrons. The summed E-state index contributed by atoms with van der Waals surface area (Å²) in [6.07, 6.45) is -3.01. The van der Waals surface area contributed by atoms with Crippen molar-refractivity contribution in [3.8, 4) is 0 Å². The van der Waals surface area contributed by atoms with Crippen molar-refractivity contribution < 1.29 is 38.1 Å². The molecule has 7 atom stereocenters. The van der Waals surface area contributed by atoms with Crippen LogP contribution in [0, 0.1) is 11.8 Å². The highest BCUT2D eigenvalue weighted by molar-refractivity contribution is 6.74. The van der Waals surface area contributed by atoms with Crippen LogP contribution in [0.1, 0.15) is 81.7 Å². The first-order valence-electron chi connectivity index (χ1n) is 16.0. The van der Waals surface area contributed by atoms with E-state index in [0.29, 0.717) is 6.61 Å². The topological polar surface area (TPSA) is 104 Å². The Morgan fingerprint density at radius 1 is 0.864 bits per heavy atom. The standard InChI is InChI=1S/C34H64O8Si2/c1-24(21-39-27(4)35)31(40-23-38-22-28-19-17-16-18-20-28)34(11,37)30(36)25(2)29(42-44(14,15)33(8,9)10)26(3)41-43(12,13)32(5,6)7/h16-20,24-26,29-31,36-37H,21-23H2,1-15H3/t24-,25+,26-,29+,30-,31-,34+/m1/s1. The van der Waals surface area contributed by atoms with Crippen molar-refractivity contribution in [2.45, 2.75) is 149 Å². The van der Waals surface area contributed by atoms with E-state index in [1.54, 1.807) is 6.92 Å². The van der Waals surface area contributed by atoms with Gasteiger partial charge in [-0.15, -0.1) is 0 Å². The third kappa shape index (κ3) is 11.6. The van der Waals surface area contributed by atoms with Gasteiger partial charge in [-0.05, 0) is 55.7 Å². The minimum atomic E-state index is -2.32. The summed E-state index contributed by atoms with van der Waals surface area (Å²) >= 11 is 0. The van der Waals surface area contributed by atoms with Gasteiger partial charge in [-0.2, -0.15) is 0 Å². The van der Waals surface area contributed by atoms with Gasteiger partial charge in [-0.3, -0.25) is 4.79 Å². The summed E-state index contributed by atoms with van der Waals surface area (Å²) in [6.45, 7) is 30.8. The van der Waals surface area contributed by atoms with Gasteiger partial charge in [0.25, 0.3) is 0 Å².